The van der Waals surface area contributed by atoms with Gasteiger partial charge >= 0.3 is 0 Å². The SMILES string of the molecule is CC(C)CS(=O)(=O)CC(=O)NC1CCCc2occc21. The molecule has 0 saturated heterocycles. The summed E-state index contributed by atoms with van der Waals surface area (Å²) in [6.45, 7) is 3.66. The Morgan fingerprint density at radius 3 is 2.95 bits per heavy atom. The molecule has 1 atom stereocenters. The first-order valence-electron chi connectivity index (χ1n) is 6.93. The second-order valence-corrected chi connectivity index (χ2v) is 7.87. The number of amides is 1. The molecule has 0 fully saturated rings. The van der Waals surface area contributed by atoms with Gasteiger partial charge in [-0.05, 0) is 24.8 Å². The van der Waals surface area contributed by atoms with Crippen molar-refractivity contribution >= 4 is 15.7 Å². The van der Waals surface area contributed by atoms with E-state index in [0.29, 0.717) is 0 Å². The molecule has 1 aromatic rings. The number of carbonyl (C=O) groups is 1. The Morgan fingerprint density at radius 2 is 2.25 bits per heavy atom. The molecule has 0 aliphatic heterocycles. The third-order valence-electron chi connectivity index (χ3n) is 3.33. The van der Waals surface area contributed by atoms with E-state index >= 15 is 0 Å². The van der Waals surface area contributed by atoms with E-state index in [2.05, 4.69) is 5.32 Å². The van der Waals surface area contributed by atoms with E-state index in [1.54, 1.807) is 6.26 Å². The molecule has 1 unspecified atom stereocenters. The molecule has 1 aliphatic carbocycles. The van der Waals surface area contributed by atoms with Crippen molar-refractivity contribution in [2.45, 2.75) is 39.2 Å². The average Bonchev–Trinajstić information content (AvgIpc) is 2.74. The third-order valence-corrected chi connectivity index (χ3v) is 5.20. The number of fused-ring (bicyclic) bond motifs is 1. The van der Waals surface area contributed by atoms with Crippen LogP contribution >= 0.6 is 0 Å². The maximum Gasteiger partial charge on any atom is 0.235 e. The molecular formula is C14H21NO4S. The Kier molecular flexibility index (Phi) is 4.52. The van der Waals surface area contributed by atoms with E-state index in [-0.39, 0.29) is 17.7 Å². The van der Waals surface area contributed by atoms with Gasteiger partial charge in [0.2, 0.25) is 5.91 Å². The monoisotopic (exact) mass is 299 g/mol. The standard InChI is InChI=1S/C14H21NO4S/c1-10(2)8-20(17,18)9-14(16)15-12-4-3-5-13-11(12)6-7-19-13/h6-7,10,12H,3-5,8-9H2,1-2H3,(H,15,16). The smallest absolute Gasteiger partial charge is 0.235 e. The van der Waals surface area contributed by atoms with Gasteiger partial charge in [-0.15, -0.1) is 0 Å². The van der Waals surface area contributed by atoms with E-state index in [9.17, 15) is 13.2 Å². The molecule has 112 valence electrons. The number of carbonyl (C=O) groups excluding carboxylic acids is 1. The Morgan fingerprint density at radius 1 is 1.50 bits per heavy atom. The van der Waals surface area contributed by atoms with Crippen LogP contribution in [0.4, 0.5) is 0 Å². The van der Waals surface area contributed by atoms with Crippen LogP contribution in [0.1, 0.15) is 44.1 Å². The van der Waals surface area contributed by atoms with Crippen LogP contribution in [0.2, 0.25) is 0 Å². The Balaban J connectivity index is 1.97. The first-order valence-corrected chi connectivity index (χ1v) is 8.75. The third kappa shape index (κ3) is 3.85. The molecule has 0 spiro atoms. The molecule has 0 aromatic carbocycles. The summed E-state index contributed by atoms with van der Waals surface area (Å²) < 4.78 is 29.0. The topological polar surface area (TPSA) is 76.4 Å². The van der Waals surface area contributed by atoms with Crippen molar-refractivity contribution in [3.8, 4) is 0 Å². The van der Waals surface area contributed by atoms with E-state index < -0.39 is 21.5 Å². The second kappa shape index (κ2) is 5.99. The van der Waals surface area contributed by atoms with Gasteiger partial charge in [-0.3, -0.25) is 4.79 Å². The van der Waals surface area contributed by atoms with Gasteiger partial charge in [0.25, 0.3) is 0 Å². The zero-order valence-electron chi connectivity index (χ0n) is 11.9. The van der Waals surface area contributed by atoms with Gasteiger partial charge in [-0.1, -0.05) is 13.8 Å². The van der Waals surface area contributed by atoms with Crippen molar-refractivity contribution < 1.29 is 17.6 Å². The Bertz CT molecular complexity index is 574. The molecule has 20 heavy (non-hydrogen) atoms. The highest BCUT2D eigenvalue weighted by molar-refractivity contribution is 7.92. The molecule has 1 amide bonds. The lowest BCUT2D eigenvalue weighted by atomic mass is 9.93. The molecule has 2 rings (SSSR count). The zero-order valence-corrected chi connectivity index (χ0v) is 12.7. The highest BCUT2D eigenvalue weighted by atomic mass is 32.2. The minimum Gasteiger partial charge on any atom is -0.469 e. The number of hydrogen-bond acceptors (Lipinski definition) is 4. The molecule has 1 heterocycles. The molecular weight excluding hydrogens is 278 g/mol. The Labute approximate surface area is 119 Å². The van der Waals surface area contributed by atoms with Crippen molar-refractivity contribution in [2.75, 3.05) is 11.5 Å². The van der Waals surface area contributed by atoms with Crippen LogP contribution in [-0.2, 0) is 21.1 Å². The van der Waals surface area contributed by atoms with Crippen LogP contribution in [-0.4, -0.2) is 25.8 Å². The van der Waals surface area contributed by atoms with Crippen molar-refractivity contribution in [1.82, 2.24) is 5.32 Å². The molecule has 0 radical (unpaired) electrons. The number of sulfone groups is 1. The van der Waals surface area contributed by atoms with E-state index in [1.807, 2.05) is 19.9 Å². The first kappa shape index (κ1) is 15.1. The minimum atomic E-state index is -3.33. The molecule has 6 heteroatoms. The molecule has 0 saturated carbocycles. The molecule has 5 nitrogen and oxygen atoms in total. The van der Waals surface area contributed by atoms with Crippen molar-refractivity contribution in [2.24, 2.45) is 5.92 Å². The molecule has 1 aliphatic rings. The summed E-state index contributed by atoms with van der Waals surface area (Å²) in [5, 5.41) is 2.81. The van der Waals surface area contributed by atoms with Gasteiger partial charge in [0, 0.05) is 12.0 Å². The maximum absolute atomic E-state index is 11.9. The summed E-state index contributed by atoms with van der Waals surface area (Å²) in [6, 6.07) is 1.72. The fourth-order valence-corrected chi connectivity index (χ4v) is 4.26. The molecule has 1 N–H and O–H groups in total. The summed E-state index contributed by atoms with van der Waals surface area (Å²) in [7, 11) is -3.33. The van der Waals surface area contributed by atoms with Crippen LogP contribution in [0.25, 0.3) is 0 Å². The molecule has 0 bridgehead atoms. The van der Waals surface area contributed by atoms with Crippen molar-refractivity contribution in [3.05, 3.63) is 23.7 Å². The van der Waals surface area contributed by atoms with Gasteiger partial charge < -0.3 is 9.73 Å². The van der Waals surface area contributed by atoms with E-state index in [1.165, 1.54) is 0 Å². The highest BCUT2D eigenvalue weighted by Gasteiger charge is 2.26. The van der Waals surface area contributed by atoms with Crippen LogP contribution in [0.5, 0.6) is 0 Å². The zero-order chi connectivity index (χ0) is 14.8. The van der Waals surface area contributed by atoms with Gasteiger partial charge in [0.05, 0.1) is 18.1 Å². The number of rotatable bonds is 5. The summed E-state index contributed by atoms with van der Waals surface area (Å²) in [5.74, 6) is 0.107. The quantitative estimate of drug-likeness (QED) is 0.900. The van der Waals surface area contributed by atoms with Gasteiger partial charge in [0.1, 0.15) is 11.5 Å². The molecule has 1 aromatic heterocycles. The Hall–Kier alpha value is -1.30. The lowest BCUT2D eigenvalue weighted by Crippen LogP contribution is -2.35. The summed E-state index contributed by atoms with van der Waals surface area (Å²) in [4.78, 5) is 11.9. The summed E-state index contributed by atoms with van der Waals surface area (Å²) in [6.07, 6.45) is 4.25. The number of nitrogens with one attached hydrogen (secondary N) is 1. The largest absolute Gasteiger partial charge is 0.469 e. The number of furan rings is 1. The van der Waals surface area contributed by atoms with Gasteiger partial charge in [-0.2, -0.15) is 0 Å². The van der Waals surface area contributed by atoms with E-state index in [0.717, 1.165) is 30.6 Å². The minimum absolute atomic E-state index is 0.0305. The van der Waals surface area contributed by atoms with Crippen LogP contribution < -0.4 is 5.32 Å². The van der Waals surface area contributed by atoms with Crippen LogP contribution in [0, 0.1) is 5.92 Å². The van der Waals surface area contributed by atoms with Gasteiger partial charge in [0.15, 0.2) is 9.84 Å². The predicted molar refractivity (Wildman–Crippen MR) is 76.0 cm³/mol. The highest BCUT2D eigenvalue weighted by Crippen LogP contribution is 2.30. The van der Waals surface area contributed by atoms with Crippen LogP contribution in [0.3, 0.4) is 0 Å². The lowest BCUT2D eigenvalue weighted by molar-refractivity contribution is -0.119. The average molecular weight is 299 g/mol. The van der Waals surface area contributed by atoms with E-state index in [4.69, 9.17) is 4.42 Å². The maximum atomic E-state index is 11.9. The summed E-state index contributed by atoms with van der Waals surface area (Å²) in [5.41, 5.74) is 0.978. The fraction of sp³-hybridized carbons (Fsp3) is 0.643. The summed E-state index contributed by atoms with van der Waals surface area (Å²) >= 11 is 0. The second-order valence-electron chi connectivity index (χ2n) is 5.76. The van der Waals surface area contributed by atoms with Gasteiger partial charge in [-0.25, -0.2) is 8.42 Å². The lowest BCUT2D eigenvalue weighted by Gasteiger charge is -2.22. The predicted octanol–water partition coefficient (Wildman–Crippen LogP) is 1.84. The normalized spacial score (nSPS) is 18.9. The number of aryl methyl sites for hydroxylation is 1. The first-order chi connectivity index (χ1) is 9.37. The number of hydrogen-bond donors (Lipinski definition) is 1. The fourth-order valence-electron chi connectivity index (χ4n) is 2.64. The van der Waals surface area contributed by atoms with Crippen molar-refractivity contribution in [3.63, 3.8) is 0 Å². The van der Waals surface area contributed by atoms with Crippen LogP contribution in [0.15, 0.2) is 16.7 Å². The van der Waals surface area contributed by atoms with Crippen molar-refractivity contribution in [1.29, 1.82) is 0 Å².